The third-order valence-corrected chi connectivity index (χ3v) is 3.60. The van der Waals surface area contributed by atoms with Gasteiger partial charge in [0.25, 0.3) is 0 Å². The fourth-order valence-electron chi connectivity index (χ4n) is 2.46. The van der Waals surface area contributed by atoms with Crippen LogP contribution in [0.1, 0.15) is 5.56 Å². The van der Waals surface area contributed by atoms with Crippen LogP contribution >= 0.6 is 0 Å². The van der Waals surface area contributed by atoms with Crippen LogP contribution in [0.15, 0.2) is 70.9 Å². The number of rotatable bonds is 2. The van der Waals surface area contributed by atoms with Gasteiger partial charge in [-0.3, -0.25) is 0 Å². The highest BCUT2D eigenvalue weighted by Gasteiger charge is 2.67. The molecule has 124 valence electrons. The minimum atomic E-state index is -5.15. The van der Waals surface area contributed by atoms with Crippen molar-refractivity contribution < 1.29 is 23.5 Å². The van der Waals surface area contributed by atoms with Gasteiger partial charge in [0.1, 0.15) is 5.71 Å². The Morgan fingerprint density at radius 3 is 2.00 bits per heavy atom. The van der Waals surface area contributed by atoms with E-state index in [1.165, 1.54) is 36.4 Å². The van der Waals surface area contributed by atoms with Gasteiger partial charge in [-0.2, -0.15) is 18.3 Å². The SMILES string of the molecule is O/N=C1\C(c2ccccc2)=NN(c2ccccc2)C1(O)C(F)(F)F. The second-order valence-electron chi connectivity index (χ2n) is 5.08. The first kappa shape index (κ1) is 16.0. The number of hydrazone groups is 1. The van der Waals surface area contributed by atoms with Crippen molar-refractivity contribution in [3.8, 4) is 0 Å². The van der Waals surface area contributed by atoms with Crippen molar-refractivity contribution in [2.24, 2.45) is 10.3 Å². The van der Waals surface area contributed by atoms with Gasteiger partial charge in [-0.25, -0.2) is 5.01 Å². The van der Waals surface area contributed by atoms with E-state index in [4.69, 9.17) is 0 Å². The molecule has 24 heavy (non-hydrogen) atoms. The van der Waals surface area contributed by atoms with Crippen LogP contribution in [-0.2, 0) is 0 Å². The molecule has 8 heteroatoms. The number of alkyl halides is 3. The molecule has 0 spiro atoms. The van der Waals surface area contributed by atoms with Gasteiger partial charge >= 0.3 is 11.9 Å². The molecule has 0 fully saturated rings. The summed E-state index contributed by atoms with van der Waals surface area (Å²) in [6, 6.07) is 15.3. The first-order valence-electron chi connectivity index (χ1n) is 6.91. The molecule has 1 heterocycles. The van der Waals surface area contributed by atoms with E-state index in [0.29, 0.717) is 5.01 Å². The molecule has 1 unspecified atom stereocenters. The Labute approximate surface area is 135 Å². The summed E-state index contributed by atoms with van der Waals surface area (Å²) >= 11 is 0. The van der Waals surface area contributed by atoms with Crippen LogP contribution in [0, 0.1) is 0 Å². The van der Waals surface area contributed by atoms with Gasteiger partial charge in [0.05, 0.1) is 5.69 Å². The van der Waals surface area contributed by atoms with E-state index in [1.807, 2.05) is 0 Å². The molecule has 2 aromatic carbocycles. The summed E-state index contributed by atoms with van der Waals surface area (Å²) in [6.07, 6.45) is -5.15. The van der Waals surface area contributed by atoms with E-state index in [2.05, 4.69) is 10.3 Å². The topological polar surface area (TPSA) is 68.4 Å². The number of halogens is 3. The van der Waals surface area contributed by atoms with Crippen LogP contribution in [-0.4, -0.2) is 33.6 Å². The number of nitrogens with zero attached hydrogens (tertiary/aromatic N) is 3. The van der Waals surface area contributed by atoms with Crippen molar-refractivity contribution in [3.05, 3.63) is 66.2 Å². The minimum absolute atomic E-state index is 0.00408. The quantitative estimate of drug-likeness (QED) is 0.655. The highest BCUT2D eigenvalue weighted by atomic mass is 19.4. The zero-order chi connectivity index (χ0) is 17.4. The predicted molar refractivity (Wildman–Crippen MR) is 82.1 cm³/mol. The van der Waals surface area contributed by atoms with Crippen molar-refractivity contribution in [2.75, 3.05) is 5.01 Å². The number of aliphatic hydroxyl groups is 1. The number of oxime groups is 1. The Balaban J connectivity index is 2.22. The molecule has 3 rings (SSSR count). The van der Waals surface area contributed by atoms with E-state index in [0.717, 1.165) is 0 Å². The maximum absolute atomic E-state index is 13.6. The van der Waals surface area contributed by atoms with Crippen LogP contribution in [0.4, 0.5) is 18.9 Å². The summed E-state index contributed by atoms with van der Waals surface area (Å²) in [5.41, 5.74) is -4.53. The largest absolute Gasteiger partial charge is 0.445 e. The molecule has 1 aliphatic heterocycles. The Hall–Kier alpha value is -2.87. The fourth-order valence-corrected chi connectivity index (χ4v) is 2.46. The van der Waals surface area contributed by atoms with E-state index in [-0.39, 0.29) is 17.0 Å². The van der Waals surface area contributed by atoms with Gasteiger partial charge in [0, 0.05) is 5.56 Å². The molecule has 0 amide bonds. The summed E-state index contributed by atoms with van der Waals surface area (Å²) in [7, 11) is 0. The highest BCUT2D eigenvalue weighted by Crippen LogP contribution is 2.42. The van der Waals surface area contributed by atoms with E-state index < -0.39 is 17.6 Å². The lowest BCUT2D eigenvalue weighted by molar-refractivity contribution is -0.228. The average molecular weight is 335 g/mol. The van der Waals surface area contributed by atoms with Crippen LogP contribution in [0.5, 0.6) is 0 Å². The molecule has 0 saturated carbocycles. The Kier molecular flexibility index (Phi) is 3.76. The van der Waals surface area contributed by atoms with Crippen molar-refractivity contribution in [2.45, 2.75) is 11.9 Å². The van der Waals surface area contributed by atoms with E-state index in [1.54, 1.807) is 24.3 Å². The van der Waals surface area contributed by atoms with Gasteiger partial charge in [-0.05, 0) is 12.1 Å². The van der Waals surface area contributed by atoms with Crippen molar-refractivity contribution in [1.82, 2.24) is 0 Å². The lowest BCUT2D eigenvalue weighted by Crippen LogP contribution is -2.60. The maximum atomic E-state index is 13.6. The summed E-state index contributed by atoms with van der Waals surface area (Å²) in [6.45, 7) is 0. The molecule has 1 atom stereocenters. The fraction of sp³-hybridized carbons (Fsp3) is 0.125. The smallest absolute Gasteiger partial charge is 0.410 e. The molecule has 0 radical (unpaired) electrons. The lowest BCUT2D eigenvalue weighted by atomic mass is 9.98. The van der Waals surface area contributed by atoms with Gasteiger partial charge in [0.2, 0.25) is 0 Å². The van der Waals surface area contributed by atoms with Gasteiger partial charge in [-0.1, -0.05) is 53.7 Å². The van der Waals surface area contributed by atoms with Crippen molar-refractivity contribution in [3.63, 3.8) is 0 Å². The molecule has 5 nitrogen and oxygen atoms in total. The first-order chi connectivity index (χ1) is 11.4. The summed E-state index contributed by atoms with van der Waals surface area (Å²) in [4.78, 5) is 0. The molecule has 0 bridgehead atoms. The van der Waals surface area contributed by atoms with Crippen LogP contribution < -0.4 is 5.01 Å². The average Bonchev–Trinajstić information content (AvgIpc) is 2.90. The summed E-state index contributed by atoms with van der Waals surface area (Å²) < 4.78 is 40.9. The molecule has 0 aliphatic carbocycles. The standard InChI is InChI=1S/C16H12F3N3O2/c17-16(18,19)15(23)14(21-24)13(11-7-3-1-4-8-11)20-22(15)12-9-5-2-6-10-12/h1-10,23-24H/b21-14+. The molecule has 0 saturated heterocycles. The maximum Gasteiger partial charge on any atom is 0.445 e. The van der Waals surface area contributed by atoms with E-state index in [9.17, 15) is 23.5 Å². The van der Waals surface area contributed by atoms with Crippen LogP contribution in [0.3, 0.4) is 0 Å². The number of benzene rings is 2. The Bertz CT molecular complexity index is 791. The third kappa shape index (κ3) is 2.31. The second kappa shape index (κ2) is 5.64. The van der Waals surface area contributed by atoms with Crippen molar-refractivity contribution >= 4 is 17.1 Å². The zero-order valence-electron chi connectivity index (χ0n) is 12.1. The second-order valence-corrected chi connectivity index (χ2v) is 5.08. The van der Waals surface area contributed by atoms with Crippen LogP contribution in [0.25, 0.3) is 0 Å². The van der Waals surface area contributed by atoms with Crippen LogP contribution in [0.2, 0.25) is 0 Å². The first-order valence-corrected chi connectivity index (χ1v) is 6.91. The van der Waals surface area contributed by atoms with Crippen molar-refractivity contribution in [1.29, 1.82) is 0 Å². The molecule has 0 aromatic heterocycles. The van der Waals surface area contributed by atoms with Gasteiger partial charge in [-0.15, -0.1) is 0 Å². The minimum Gasteiger partial charge on any atom is -0.410 e. The molecular formula is C16H12F3N3O2. The highest BCUT2D eigenvalue weighted by molar-refractivity contribution is 6.53. The summed E-state index contributed by atoms with van der Waals surface area (Å²) in [5, 5.41) is 26.6. The third-order valence-electron chi connectivity index (χ3n) is 3.60. The lowest BCUT2D eigenvalue weighted by Gasteiger charge is -2.33. The number of para-hydroxylation sites is 1. The molecular weight excluding hydrogens is 323 g/mol. The number of hydrogen-bond acceptors (Lipinski definition) is 5. The molecule has 1 aliphatic rings. The Morgan fingerprint density at radius 1 is 0.958 bits per heavy atom. The molecule has 2 aromatic rings. The van der Waals surface area contributed by atoms with Gasteiger partial charge in [0.15, 0.2) is 5.71 Å². The normalized spacial score (nSPS) is 22.8. The molecule has 2 N–H and O–H groups in total. The summed E-state index contributed by atoms with van der Waals surface area (Å²) in [5.74, 6) is 0. The predicted octanol–water partition coefficient (Wildman–Crippen LogP) is 2.99. The zero-order valence-corrected chi connectivity index (χ0v) is 12.1. The monoisotopic (exact) mass is 335 g/mol. The van der Waals surface area contributed by atoms with Gasteiger partial charge < -0.3 is 10.3 Å². The Morgan fingerprint density at radius 2 is 1.50 bits per heavy atom. The van der Waals surface area contributed by atoms with E-state index >= 15 is 0 Å². The number of anilines is 1. The number of hydrogen-bond donors (Lipinski definition) is 2.